The molecule has 0 atom stereocenters. The third kappa shape index (κ3) is 3.67. The van der Waals surface area contributed by atoms with E-state index in [1.165, 1.54) is 24.1 Å². The van der Waals surface area contributed by atoms with E-state index in [1.807, 2.05) is 26.0 Å². The van der Waals surface area contributed by atoms with Gasteiger partial charge in [-0.25, -0.2) is 14.8 Å². The number of hydrogen-bond donors (Lipinski definition) is 2. The summed E-state index contributed by atoms with van der Waals surface area (Å²) in [6, 6.07) is 5.33. The van der Waals surface area contributed by atoms with Gasteiger partial charge in [0.15, 0.2) is 0 Å². The number of nitrogens with one attached hydrogen (secondary N) is 1. The Balaban J connectivity index is 1.66. The Kier molecular flexibility index (Phi) is 5.17. The Morgan fingerprint density at radius 1 is 1.21 bits per heavy atom. The third-order valence-corrected chi connectivity index (χ3v) is 6.32. The average molecular weight is 398 g/mol. The number of aryl methyl sites for hydroxylation is 2. The van der Waals surface area contributed by atoms with Gasteiger partial charge in [-0.15, -0.1) is 11.3 Å². The number of rotatable bonds is 4. The van der Waals surface area contributed by atoms with E-state index < -0.39 is 0 Å². The van der Waals surface area contributed by atoms with Gasteiger partial charge in [-0.05, 0) is 62.8 Å². The molecule has 0 unspecified atom stereocenters. The maximum atomic E-state index is 12.8. The fourth-order valence-corrected chi connectivity index (χ4v) is 4.66. The number of fused-ring (bicyclic) bond motifs is 1. The van der Waals surface area contributed by atoms with Crippen molar-refractivity contribution in [2.45, 2.75) is 52.1 Å². The summed E-state index contributed by atoms with van der Waals surface area (Å²) in [6.45, 7) is 3.84. The van der Waals surface area contributed by atoms with Crippen LogP contribution >= 0.6 is 11.3 Å². The lowest BCUT2D eigenvalue weighted by Gasteiger charge is -2.21. The van der Waals surface area contributed by atoms with Crippen LogP contribution in [-0.2, 0) is 4.74 Å². The summed E-state index contributed by atoms with van der Waals surface area (Å²) >= 11 is 1.32. The standard InChI is InChI=1S/C21H23N3O3S/c1-12-8-9-16(25)15(10-12)24-19-17-13(2)18(28-20(17)23-11-22-19)21(26)27-14-6-4-3-5-7-14/h8-11,14,25H,3-7H2,1-2H3,(H,22,23,24). The molecule has 7 heteroatoms. The minimum absolute atomic E-state index is 0.0128. The molecule has 3 aromatic rings. The lowest BCUT2D eigenvalue weighted by Crippen LogP contribution is -2.20. The Labute approximate surface area is 167 Å². The van der Waals surface area contributed by atoms with Gasteiger partial charge in [0.05, 0.1) is 11.1 Å². The van der Waals surface area contributed by atoms with Crippen LogP contribution in [0.25, 0.3) is 10.2 Å². The van der Waals surface area contributed by atoms with E-state index in [0.717, 1.165) is 47.0 Å². The molecule has 146 valence electrons. The largest absolute Gasteiger partial charge is 0.506 e. The summed E-state index contributed by atoms with van der Waals surface area (Å²) < 4.78 is 5.74. The first kappa shape index (κ1) is 18.7. The van der Waals surface area contributed by atoms with Crippen molar-refractivity contribution in [1.29, 1.82) is 0 Å². The zero-order chi connectivity index (χ0) is 19.7. The van der Waals surface area contributed by atoms with Gasteiger partial charge in [-0.3, -0.25) is 0 Å². The highest BCUT2D eigenvalue weighted by molar-refractivity contribution is 7.20. The van der Waals surface area contributed by atoms with Crippen LogP contribution in [0.15, 0.2) is 24.5 Å². The van der Waals surface area contributed by atoms with Crippen LogP contribution in [0.1, 0.15) is 52.9 Å². The van der Waals surface area contributed by atoms with Crippen LogP contribution in [0.4, 0.5) is 11.5 Å². The van der Waals surface area contributed by atoms with E-state index in [4.69, 9.17) is 4.74 Å². The Bertz CT molecular complexity index is 1030. The van der Waals surface area contributed by atoms with Crippen molar-refractivity contribution in [3.8, 4) is 5.75 Å². The highest BCUT2D eigenvalue weighted by atomic mass is 32.1. The maximum absolute atomic E-state index is 12.8. The molecule has 0 bridgehead atoms. The van der Waals surface area contributed by atoms with Crippen molar-refractivity contribution in [2.24, 2.45) is 0 Å². The normalized spacial score (nSPS) is 14.9. The van der Waals surface area contributed by atoms with E-state index in [1.54, 1.807) is 6.07 Å². The lowest BCUT2D eigenvalue weighted by molar-refractivity contribution is 0.0216. The van der Waals surface area contributed by atoms with Crippen LogP contribution in [0, 0.1) is 13.8 Å². The third-order valence-electron chi connectivity index (χ3n) is 5.14. The summed E-state index contributed by atoms with van der Waals surface area (Å²) in [5.74, 6) is 0.426. The topological polar surface area (TPSA) is 84.3 Å². The fraction of sp³-hybridized carbons (Fsp3) is 0.381. The molecule has 4 rings (SSSR count). The van der Waals surface area contributed by atoms with Crippen molar-refractivity contribution in [3.05, 3.63) is 40.5 Å². The van der Waals surface area contributed by atoms with Crippen LogP contribution < -0.4 is 5.32 Å². The number of carbonyl (C=O) groups excluding carboxylic acids is 1. The van der Waals surface area contributed by atoms with Gasteiger partial charge in [0.2, 0.25) is 0 Å². The molecule has 1 saturated carbocycles. The number of ether oxygens (including phenoxy) is 1. The molecule has 0 spiro atoms. The van der Waals surface area contributed by atoms with Gasteiger partial charge < -0.3 is 15.2 Å². The first-order chi connectivity index (χ1) is 13.5. The van der Waals surface area contributed by atoms with Crippen molar-refractivity contribution >= 4 is 39.0 Å². The summed E-state index contributed by atoms with van der Waals surface area (Å²) in [5.41, 5.74) is 2.39. The molecule has 2 heterocycles. The number of phenolic OH excluding ortho intramolecular Hbond substituents is 1. The van der Waals surface area contributed by atoms with E-state index in [0.29, 0.717) is 16.4 Å². The van der Waals surface area contributed by atoms with E-state index in [2.05, 4.69) is 15.3 Å². The van der Waals surface area contributed by atoms with Gasteiger partial charge in [-0.2, -0.15) is 0 Å². The van der Waals surface area contributed by atoms with Crippen molar-refractivity contribution in [2.75, 3.05) is 5.32 Å². The minimum atomic E-state index is -0.281. The zero-order valence-corrected chi connectivity index (χ0v) is 16.8. The monoisotopic (exact) mass is 397 g/mol. The van der Waals surface area contributed by atoms with E-state index in [-0.39, 0.29) is 17.8 Å². The molecular weight excluding hydrogens is 374 g/mol. The molecule has 6 nitrogen and oxygen atoms in total. The second-order valence-electron chi connectivity index (χ2n) is 7.27. The zero-order valence-electron chi connectivity index (χ0n) is 16.0. The molecule has 1 aromatic carbocycles. The van der Waals surface area contributed by atoms with Gasteiger partial charge in [0.25, 0.3) is 0 Å². The molecule has 28 heavy (non-hydrogen) atoms. The number of aromatic nitrogens is 2. The number of anilines is 2. The van der Waals surface area contributed by atoms with Crippen LogP contribution in [0.2, 0.25) is 0 Å². The second-order valence-corrected chi connectivity index (χ2v) is 8.27. The summed E-state index contributed by atoms with van der Waals surface area (Å²) in [7, 11) is 0. The van der Waals surface area contributed by atoms with Gasteiger partial charge in [0.1, 0.15) is 33.7 Å². The Hall–Kier alpha value is -2.67. The fourth-order valence-electron chi connectivity index (χ4n) is 3.63. The Morgan fingerprint density at radius 2 is 2.00 bits per heavy atom. The van der Waals surface area contributed by atoms with E-state index in [9.17, 15) is 9.90 Å². The number of nitrogens with zero attached hydrogens (tertiary/aromatic N) is 2. The first-order valence-electron chi connectivity index (χ1n) is 9.54. The lowest BCUT2D eigenvalue weighted by atomic mass is 9.98. The minimum Gasteiger partial charge on any atom is -0.506 e. The van der Waals surface area contributed by atoms with Crippen LogP contribution in [0.3, 0.4) is 0 Å². The molecule has 1 aliphatic carbocycles. The number of thiophene rings is 1. The first-order valence-corrected chi connectivity index (χ1v) is 10.4. The SMILES string of the molecule is Cc1ccc(O)c(Nc2ncnc3sc(C(=O)OC4CCCCC4)c(C)c23)c1. The highest BCUT2D eigenvalue weighted by Crippen LogP contribution is 2.37. The molecule has 1 aliphatic rings. The Morgan fingerprint density at radius 3 is 2.79 bits per heavy atom. The molecule has 2 N–H and O–H groups in total. The predicted molar refractivity (Wildman–Crippen MR) is 111 cm³/mol. The molecule has 0 aliphatic heterocycles. The maximum Gasteiger partial charge on any atom is 0.348 e. The van der Waals surface area contributed by atoms with Crippen LogP contribution in [-0.4, -0.2) is 27.1 Å². The van der Waals surface area contributed by atoms with Gasteiger partial charge in [0, 0.05) is 0 Å². The molecular formula is C21H23N3O3S. The summed E-state index contributed by atoms with van der Waals surface area (Å²) in [5, 5.41) is 14.1. The predicted octanol–water partition coefficient (Wildman–Crippen LogP) is 5.25. The average Bonchev–Trinajstić information content (AvgIpc) is 3.03. The van der Waals surface area contributed by atoms with E-state index >= 15 is 0 Å². The molecule has 2 aromatic heterocycles. The van der Waals surface area contributed by atoms with Crippen molar-refractivity contribution in [1.82, 2.24) is 9.97 Å². The second kappa shape index (κ2) is 7.75. The summed E-state index contributed by atoms with van der Waals surface area (Å²) in [4.78, 5) is 22.7. The quantitative estimate of drug-likeness (QED) is 0.462. The number of carbonyl (C=O) groups is 1. The number of benzene rings is 1. The molecule has 0 amide bonds. The van der Waals surface area contributed by atoms with Gasteiger partial charge >= 0.3 is 5.97 Å². The highest BCUT2D eigenvalue weighted by Gasteiger charge is 2.24. The summed E-state index contributed by atoms with van der Waals surface area (Å²) in [6.07, 6.45) is 6.80. The number of hydrogen-bond acceptors (Lipinski definition) is 7. The van der Waals surface area contributed by atoms with Crippen LogP contribution in [0.5, 0.6) is 5.75 Å². The molecule has 1 fully saturated rings. The number of esters is 1. The number of phenols is 1. The van der Waals surface area contributed by atoms with Crippen molar-refractivity contribution in [3.63, 3.8) is 0 Å². The molecule has 0 radical (unpaired) electrons. The molecule has 0 saturated heterocycles. The van der Waals surface area contributed by atoms with Crippen molar-refractivity contribution < 1.29 is 14.6 Å². The van der Waals surface area contributed by atoms with Gasteiger partial charge in [-0.1, -0.05) is 12.5 Å². The number of aromatic hydroxyl groups is 1. The smallest absolute Gasteiger partial charge is 0.348 e.